The summed E-state index contributed by atoms with van der Waals surface area (Å²) in [6.07, 6.45) is 4.89. The van der Waals surface area contributed by atoms with Gasteiger partial charge < -0.3 is 10.1 Å². The van der Waals surface area contributed by atoms with Gasteiger partial charge in [0.15, 0.2) is 0 Å². The molecule has 0 heterocycles. The highest BCUT2D eigenvalue weighted by Gasteiger charge is 2.02. The number of aryl methyl sites for hydroxylation is 2. The summed E-state index contributed by atoms with van der Waals surface area (Å²) in [7, 11) is 0. The normalized spacial score (nSPS) is 10.2. The molecule has 0 amide bonds. The zero-order valence-corrected chi connectivity index (χ0v) is 14.9. The van der Waals surface area contributed by atoms with Gasteiger partial charge >= 0.3 is 0 Å². The van der Waals surface area contributed by atoms with Crippen LogP contribution in [-0.2, 0) is 12.8 Å². The minimum absolute atomic E-state index is 1.16. The van der Waals surface area contributed by atoms with E-state index in [1.165, 1.54) is 49.9 Å². The van der Waals surface area contributed by atoms with Crippen LogP contribution in [0.1, 0.15) is 30.9 Å². The van der Waals surface area contributed by atoms with Crippen LogP contribution in [0.3, 0.4) is 0 Å². The van der Waals surface area contributed by atoms with E-state index in [0.717, 1.165) is 6.54 Å². The predicted molar refractivity (Wildman–Crippen MR) is 100 cm³/mol. The van der Waals surface area contributed by atoms with E-state index in [9.17, 15) is 0 Å². The molecule has 0 aliphatic carbocycles. The monoisotopic (exact) mass is 344 g/mol. The molecule has 25 heavy (non-hydrogen) atoms. The molecule has 2 aromatic carbocycles. The second kappa shape index (κ2) is 13.0. The van der Waals surface area contributed by atoms with Crippen LogP contribution in [0, 0.1) is 10.1 Å². The average molecular weight is 344 g/mol. The molecule has 2 aromatic rings. The lowest BCUT2D eigenvalue weighted by Crippen LogP contribution is -2.26. The summed E-state index contributed by atoms with van der Waals surface area (Å²) in [6.45, 7) is 5.84. The molecule has 0 aliphatic heterocycles. The Labute approximate surface area is 150 Å². The number of hydrogen-bond donors (Lipinski definition) is 1. The van der Waals surface area contributed by atoms with E-state index in [1.807, 2.05) is 0 Å². The molecule has 5 heteroatoms. The van der Waals surface area contributed by atoms with E-state index in [2.05, 4.69) is 72.5 Å². The molecule has 0 fully saturated rings. The fourth-order valence-electron chi connectivity index (χ4n) is 2.73. The Morgan fingerprint density at radius 3 is 1.56 bits per heavy atom. The fourth-order valence-corrected chi connectivity index (χ4v) is 2.73. The van der Waals surface area contributed by atoms with Crippen LogP contribution in [0.4, 0.5) is 0 Å². The van der Waals surface area contributed by atoms with Gasteiger partial charge in [-0.05, 0) is 56.4 Å². The van der Waals surface area contributed by atoms with Crippen molar-refractivity contribution in [3.63, 3.8) is 0 Å². The molecule has 0 radical (unpaired) electrons. The molecule has 136 valence electrons. The van der Waals surface area contributed by atoms with Gasteiger partial charge in [-0.25, -0.2) is 0 Å². The van der Waals surface area contributed by atoms with Crippen molar-refractivity contribution in [2.45, 2.75) is 32.6 Å². The molecule has 0 saturated heterocycles. The van der Waals surface area contributed by atoms with E-state index in [-0.39, 0.29) is 0 Å². The van der Waals surface area contributed by atoms with Crippen molar-refractivity contribution in [2.24, 2.45) is 0 Å². The van der Waals surface area contributed by atoms with E-state index < -0.39 is 5.09 Å². The lowest BCUT2D eigenvalue weighted by molar-refractivity contribution is -0.742. The highest BCUT2D eigenvalue weighted by Crippen LogP contribution is 2.06. The third kappa shape index (κ3) is 10.9. The SMILES string of the molecule is CCN(CCCc1ccccc1)CCCc1ccccc1.O=[N+]([O-])O. The van der Waals surface area contributed by atoms with Gasteiger partial charge in [-0.2, -0.15) is 0 Å². The smallest absolute Gasteiger partial charge is 0.291 e. The summed E-state index contributed by atoms with van der Waals surface area (Å²) in [4.78, 5) is 10.9. The zero-order chi connectivity index (χ0) is 18.3. The molecule has 1 N–H and O–H groups in total. The number of benzene rings is 2. The fraction of sp³-hybridized carbons (Fsp3) is 0.400. The van der Waals surface area contributed by atoms with E-state index >= 15 is 0 Å². The van der Waals surface area contributed by atoms with Gasteiger partial charge in [-0.3, -0.25) is 0 Å². The van der Waals surface area contributed by atoms with Gasteiger partial charge in [0.1, 0.15) is 0 Å². The maximum absolute atomic E-state index is 8.36. The lowest BCUT2D eigenvalue weighted by Gasteiger charge is -2.20. The minimum atomic E-state index is -1.50. The predicted octanol–water partition coefficient (Wildman–Crippen LogP) is 4.23. The van der Waals surface area contributed by atoms with Crippen LogP contribution in [-0.4, -0.2) is 34.8 Å². The molecule has 5 nitrogen and oxygen atoms in total. The van der Waals surface area contributed by atoms with Crippen molar-refractivity contribution in [1.29, 1.82) is 0 Å². The standard InChI is InChI=1S/C20H27N.HNO3/c1-2-21(17-9-15-19-11-5-3-6-12-19)18-10-16-20-13-7-4-8-14-20;2-1(3)4/h3-8,11-14H,2,9-10,15-18H2,1H3;(H,2,3,4). The first-order valence-corrected chi connectivity index (χ1v) is 8.75. The molecule has 0 aliphatic rings. The third-order valence-electron chi connectivity index (χ3n) is 4.01. The number of nitrogens with zero attached hydrogens (tertiary/aromatic N) is 2. The van der Waals surface area contributed by atoms with Gasteiger partial charge in [0, 0.05) is 0 Å². The van der Waals surface area contributed by atoms with Crippen molar-refractivity contribution in [3.8, 4) is 0 Å². The topological polar surface area (TPSA) is 66.6 Å². The summed E-state index contributed by atoms with van der Waals surface area (Å²) >= 11 is 0. The quantitative estimate of drug-likeness (QED) is 0.546. The Kier molecular flexibility index (Phi) is 10.7. The summed E-state index contributed by atoms with van der Waals surface area (Å²) in [5, 5.41) is 13.6. The van der Waals surface area contributed by atoms with Gasteiger partial charge in [0.25, 0.3) is 5.09 Å². The first kappa shape index (κ1) is 20.6. The van der Waals surface area contributed by atoms with Crippen LogP contribution in [0.5, 0.6) is 0 Å². The summed E-state index contributed by atoms with van der Waals surface area (Å²) < 4.78 is 0. The lowest BCUT2D eigenvalue weighted by atomic mass is 10.1. The van der Waals surface area contributed by atoms with Crippen molar-refractivity contribution < 1.29 is 10.3 Å². The second-order valence-corrected chi connectivity index (χ2v) is 5.85. The summed E-state index contributed by atoms with van der Waals surface area (Å²) in [5.74, 6) is 0. The van der Waals surface area contributed by atoms with Crippen LogP contribution in [0.25, 0.3) is 0 Å². The second-order valence-electron chi connectivity index (χ2n) is 5.85. The van der Waals surface area contributed by atoms with Crippen LogP contribution in [0.15, 0.2) is 60.7 Å². The van der Waals surface area contributed by atoms with Crippen LogP contribution in [0.2, 0.25) is 0 Å². The zero-order valence-electron chi connectivity index (χ0n) is 14.9. The van der Waals surface area contributed by atoms with Crippen molar-refractivity contribution >= 4 is 0 Å². The number of hydrogen-bond acceptors (Lipinski definition) is 3. The van der Waals surface area contributed by atoms with Crippen LogP contribution < -0.4 is 0 Å². The Hall–Kier alpha value is -2.40. The minimum Gasteiger partial charge on any atom is -0.328 e. The van der Waals surface area contributed by atoms with Gasteiger partial charge in [0.2, 0.25) is 0 Å². The van der Waals surface area contributed by atoms with E-state index in [4.69, 9.17) is 15.3 Å². The molecule has 0 atom stereocenters. The first-order valence-electron chi connectivity index (χ1n) is 8.75. The van der Waals surface area contributed by atoms with Crippen LogP contribution >= 0.6 is 0 Å². The Morgan fingerprint density at radius 2 is 1.24 bits per heavy atom. The molecule has 0 saturated carbocycles. The average Bonchev–Trinajstić information content (AvgIpc) is 2.62. The maximum atomic E-state index is 8.36. The number of rotatable bonds is 9. The highest BCUT2D eigenvalue weighted by atomic mass is 16.9. The molecule has 0 aromatic heterocycles. The summed E-state index contributed by atoms with van der Waals surface area (Å²) in [5.41, 5.74) is 2.91. The molecular formula is C20H28N2O3. The maximum Gasteiger partial charge on any atom is 0.291 e. The highest BCUT2D eigenvalue weighted by molar-refractivity contribution is 5.15. The molecule has 2 rings (SSSR count). The van der Waals surface area contributed by atoms with Crippen molar-refractivity contribution in [3.05, 3.63) is 81.9 Å². The first-order chi connectivity index (χ1) is 12.1. The molecule has 0 unspecified atom stereocenters. The Bertz CT molecular complexity index is 527. The Balaban J connectivity index is 0.000000705. The molecular weight excluding hydrogens is 316 g/mol. The largest absolute Gasteiger partial charge is 0.328 e. The van der Waals surface area contributed by atoms with Gasteiger partial charge in [-0.15, -0.1) is 10.1 Å². The molecule has 0 spiro atoms. The van der Waals surface area contributed by atoms with E-state index in [0.29, 0.717) is 0 Å². The van der Waals surface area contributed by atoms with Crippen molar-refractivity contribution in [1.82, 2.24) is 4.90 Å². The van der Waals surface area contributed by atoms with Gasteiger partial charge in [-0.1, -0.05) is 67.6 Å². The third-order valence-corrected chi connectivity index (χ3v) is 4.01. The summed E-state index contributed by atoms with van der Waals surface area (Å²) in [6, 6.07) is 21.6. The van der Waals surface area contributed by atoms with Crippen molar-refractivity contribution in [2.75, 3.05) is 19.6 Å². The Morgan fingerprint density at radius 1 is 0.880 bits per heavy atom. The molecule has 0 bridgehead atoms. The van der Waals surface area contributed by atoms with Gasteiger partial charge in [0.05, 0.1) is 0 Å². The van der Waals surface area contributed by atoms with E-state index in [1.54, 1.807) is 0 Å².